The Morgan fingerprint density at radius 2 is 2.18 bits per heavy atom. The summed E-state index contributed by atoms with van der Waals surface area (Å²) in [5.74, 6) is 0.872. The Morgan fingerprint density at radius 1 is 1.59 bits per heavy atom. The SMILES string of the molecule is C=CC(C)(Cl)C(C)[C@H](CC)C1CCN1C(C)O. The van der Waals surface area contributed by atoms with E-state index in [0.29, 0.717) is 17.9 Å². The molecular formula is C14H26ClNO. The Labute approximate surface area is 111 Å². The summed E-state index contributed by atoms with van der Waals surface area (Å²) < 4.78 is 0. The predicted octanol–water partition coefficient (Wildman–Crippen LogP) is 3.24. The Balaban J connectivity index is 2.75. The zero-order valence-corrected chi connectivity index (χ0v) is 12.2. The Bertz CT molecular complexity index is 265. The average Bonchev–Trinajstić information content (AvgIpc) is 2.21. The molecule has 2 nitrogen and oxygen atoms in total. The van der Waals surface area contributed by atoms with Crippen molar-refractivity contribution in [2.45, 2.75) is 57.7 Å². The molecular weight excluding hydrogens is 234 g/mol. The summed E-state index contributed by atoms with van der Waals surface area (Å²) in [7, 11) is 0. The minimum absolute atomic E-state index is 0.347. The third-order valence-electron chi connectivity index (χ3n) is 4.49. The van der Waals surface area contributed by atoms with Crippen LogP contribution in [0.4, 0.5) is 0 Å². The number of halogens is 1. The highest BCUT2D eigenvalue weighted by Gasteiger charge is 2.42. The molecule has 3 heteroatoms. The molecule has 0 saturated carbocycles. The lowest BCUT2D eigenvalue weighted by Crippen LogP contribution is -2.57. The van der Waals surface area contributed by atoms with Gasteiger partial charge in [0, 0.05) is 12.6 Å². The highest BCUT2D eigenvalue weighted by molar-refractivity contribution is 6.25. The summed E-state index contributed by atoms with van der Waals surface area (Å²) in [6.07, 6.45) is 3.75. The third kappa shape index (κ3) is 3.04. The van der Waals surface area contributed by atoms with Gasteiger partial charge in [0.05, 0.1) is 4.87 Å². The Hall–Kier alpha value is -0.0500. The molecule has 0 aromatic rings. The van der Waals surface area contributed by atoms with Gasteiger partial charge in [0.1, 0.15) is 6.23 Å². The number of hydrogen-bond acceptors (Lipinski definition) is 2. The van der Waals surface area contributed by atoms with Crippen LogP contribution >= 0.6 is 11.6 Å². The van der Waals surface area contributed by atoms with E-state index in [9.17, 15) is 5.11 Å². The van der Waals surface area contributed by atoms with E-state index in [2.05, 4.69) is 25.3 Å². The molecule has 0 spiro atoms. The lowest BCUT2D eigenvalue weighted by Gasteiger charge is -2.50. The molecule has 1 saturated heterocycles. The van der Waals surface area contributed by atoms with E-state index in [1.54, 1.807) is 0 Å². The van der Waals surface area contributed by atoms with Crippen molar-refractivity contribution in [2.75, 3.05) is 6.54 Å². The van der Waals surface area contributed by atoms with Crippen molar-refractivity contribution in [3.63, 3.8) is 0 Å². The molecule has 1 aliphatic heterocycles. The van der Waals surface area contributed by atoms with E-state index in [1.165, 1.54) is 0 Å². The minimum Gasteiger partial charge on any atom is -0.379 e. The number of allylic oxidation sites excluding steroid dienone is 1. The van der Waals surface area contributed by atoms with Gasteiger partial charge in [0.25, 0.3) is 0 Å². The summed E-state index contributed by atoms with van der Waals surface area (Å²) in [5, 5.41) is 9.70. The average molecular weight is 260 g/mol. The van der Waals surface area contributed by atoms with Crippen molar-refractivity contribution in [1.82, 2.24) is 4.90 Å². The van der Waals surface area contributed by atoms with Gasteiger partial charge in [-0.15, -0.1) is 18.2 Å². The van der Waals surface area contributed by atoms with Crippen LogP contribution in [0.3, 0.4) is 0 Å². The summed E-state index contributed by atoms with van der Waals surface area (Å²) in [4.78, 5) is 1.81. The zero-order chi connectivity index (χ0) is 13.2. The normalized spacial score (nSPS) is 29.9. The molecule has 100 valence electrons. The van der Waals surface area contributed by atoms with Gasteiger partial charge in [-0.1, -0.05) is 26.3 Å². The molecule has 1 aliphatic rings. The van der Waals surface area contributed by atoms with Gasteiger partial charge in [-0.3, -0.25) is 4.90 Å². The van der Waals surface area contributed by atoms with Crippen molar-refractivity contribution < 1.29 is 5.11 Å². The summed E-state index contributed by atoms with van der Waals surface area (Å²) in [5.41, 5.74) is 0. The summed E-state index contributed by atoms with van der Waals surface area (Å²) >= 11 is 6.50. The van der Waals surface area contributed by atoms with Crippen molar-refractivity contribution >= 4 is 11.6 Å². The largest absolute Gasteiger partial charge is 0.379 e. The summed E-state index contributed by atoms with van der Waals surface area (Å²) in [6.45, 7) is 13.1. The van der Waals surface area contributed by atoms with Gasteiger partial charge >= 0.3 is 0 Å². The maximum Gasteiger partial charge on any atom is 0.104 e. The number of likely N-dealkylation sites (tertiary alicyclic amines) is 1. The van der Waals surface area contributed by atoms with Crippen LogP contribution in [-0.4, -0.2) is 33.7 Å². The van der Waals surface area contributed by atoms with Gasteiger partial charge in [0.2, 0.25) is 0 Å². The molecule has 1 fully saturated rings. The molecule has 0 aromatic heterocycles. The van der Waals surface area contributed by atoms with Gasteiger partial charge in [-0.05, 0) is 32.1 Å². The molecule has 1 N–H and O–H groups in total. The first-order chi connectivity index (χ1) is 7.85. The smallest absolute Gasteiger partial charge is 0.104 e. The second kappa shape index (κ2) is 5.73. The van der Waals surface area contributed by atoms with Gasteiger partial charge in [-0.25, -0.2) is 0 Å². The van der Waals surface area contributed by atoms with Crippen LogP contribution in [-0.2, 0) is 0 Å². The number of aliphatic hydroxyl groups excluding tert-OH is 1. The second-order valence-corrected chi connectivity index (χ2v) is 6.26. The van der Waals surface area contributed by atoms with Crippen molar-refractivity contribution in [2.24, 2.45) is 11.8 Å². The fourth-order valence-corrected chi connectivity index (χ4v) is 3.08. The standard InChI is InChI=1S/C14H26ClNO/c1-6-12(10(3)14(5,15)7-2)13-8-9-16(13)11(4)17/h7,10-13,17H,2,6,8-9H2,1,3-5H3/t10?,11?,12-,13?,14?/m0/s1. The first-order valence-electron chi connectivity index (χ1n) is 6.61. The molecule has 0 radical (unpaired) electrons. The second-order valence-electron chi connectivity index (χ2n) is 5.44. The van der Waals surface area contributed by atoms with Crippen LogP contribution < -0.4 is 0 Å². The highest BCUT2D eigenvalue weighted by Crippen LogP contribution is 2.40. The van der Waals surface area contributed by atoms with Crippen LogP contribution in [0.25, 0.3) is 0 Å². The molecule has 0 aliphatic carbocycles. The maximum atomic E-state index is 9.70. The maximum absolute atomic E-state index is 9.70. The number of alkyl halides is 1. The molecule has 1 heterocycles. The van der Waals surface area contributed by atoms with E-state index in [1.807, 2.05) is 19.9 Å². The van der Waals surface area contributed by atoms with E-state index in [-0.39, 0.29) is 11.1 Å². The van der Waals surface area contributed by atoms with Crippen LogP contribution in [0.15, 0.2) is 12.7 Å². The molecule has 0 bridgehead atoms. The number of nitrogens with zero attached hydrogens (tertiary/aromatic N) is 1. The van der Waals surface area contributed by atoms with Crippen molar-refractivity contribution in [3.8, 4) is 0 Å². The molecule has 0 amide bonds. The van der Waals surface area contributed by atoms with Crippen LogP contribution in [0.5, 0.6) is 0 Å². The molecule has 4 unspecified atom stereocenters. The van der Waals surface area contributed by atoms with Gasteiger partial charge < -0.3 is 5.11 Å². The fourth-order valence-electron chi connectivity index (χ4n) is 2.91. The molecule has 17 heavy (non-hydrogen) atoms. The van der Waals surface area contributed by atoms with Crippen LogP contribution in [0, 0.1) is 11.8 Å². The predicted molar refractivity (Wildman–Crippen MR) is 74.2 cm³/mol. The zero-order valence-electron chi connectivity index (χ0n) is 11.5. The van der Waals surface area contributed by atoms with Crippen molar-refractivity contribution in [3.05, 3.63) is 12.7 Å². The Morgan fingerprint density at radius 3 is 2.47 bits per heavy atom. The van der Waals surface area contributed by atoms with E-state index >= 15 is 0 Å². The number of hydrogen-bond donors (Lipinski definition) is 1. The first-order valence-corrected chi connectivity index (χ1v) is 6.99. The van der Waals surface area contributed by atoms with Gasteiger partial charge in [-0.2, -0.15) is 0 Å². The van der Waals surface area contributed by atoms with Gasteiger partial charge in [0.15, 0.2) is 0 Å². The van der Waals surface area contributed by atoms with Crippen LogP contribution in [0.1, 0.15) is 40.5 Å². The molecule has 1 rings (SSSR count). The topological polar surface area (TPSA) is 23.5 Å². The fraction of sp³-hybridized carbons (Fsp3) is 0.857. The quantitative estimate of drug-likeness (QED) is 0.585. The number of rotatable bonds is 6. The number of aliphatic hydroxyl groups is 1. The highest BCUT2D eigenvalue weighted by atomic mass is 35.5. The molecule has 0 aromatic carbocycles. The summed E-state index contributed by atoms with van der Waals surface area (Å²) in [6, 6.07) is 0.466. The minimum atomic E-state index is -0.360. The van der Waals surface area contributed by atoms with E-state index < -0.39 is 0 Å². The lowest BCUT2D eigenvalue weighted by molar-refractivity contribution is -0.0931. The molecule has 5 atom stereocenters. The van der Waals surface area contributed by atoms with Crippen molar-refractivity contribution in [1.29, 1.82) is 0 Å². The first kappa shape index (κ1) is 15.0. The Kier molecular flexibility index (Phi) is 5.06. The van der Waals surface area contributed by atoms with E-state index in [0.717, 1.165) is 19.4 Å². The lowest BCUT2D eigenvalue weighted by atomic mass is 9.74. The van der Waals surface area contributed by atoms with Crippen LogP contribution in [0.2, 0.25) is 0 Å². The monoisotopic (exact) mass is 259 g/mol. The third-order valence-corrected chi connectivity index (χ3v) is 4.98. The van der Waals surface area contributed by atoms with E-state index in [4.69, 9.17) is 11.6 Å².